The number of aliphatic hydroxyl groups is 1. The molecule has 0 saturated heterocycles. The summed E-state index contributed by atoms with van der Waals surface area (Å²) in [5.41, 5.74) is 7.63. The van der Waals surface area contributed by atoms with Crippen LogP contribution in [0.5, 0.6) is 0 Å². The van der Waals surface area contributed by atoms with E-state index in [2.05, 4.69) is 10.1 Å². The van der Waals surface area contributed by atoms with E-state index in [0.29, 0.717) is 6.42 Å². The number of rotatable bonds is 10. The highest BCUT2D eigenvalue weighted by Gasteiger charge is 2.42. The van der Waals surface area contributed by atoms with Crippen LogP contribution in [0.15, 0.2) is 0 Å². The number of carbonyl (C=O) groups is 4. The summed E-state index contributed by atoms with van der Waals surface area (Å²) in [6.07, 6.45) is -2.04. The molecule has 0 bridgehead atoms. The lowest BCUT2D eigenvalue weighted by molar-refractivity contribution is -0.175. The largest absolute Gasteiger partial charge is 0.481 e. The summed E-state index contributed by atoms with van der Waals surface area (Å²) in [5.74, 6) is -6.40. The molecule has 0 spiro atoms. The number of guanidine groups is 1. The summed E-state index contributed by atoms with van der Waals surface area (Å²) in [6, 6.07) is -1.19. The topological polar surface area (TPSA) is 226 Å². The van der Waals surface area contributed by atoms with Gasteiger partial charge in [-0.3, -0.25) is 15.0 Å². The Morgan fingerprint density at radius 3 is 2.25 bits per heavy atom. The SMILES string of the molecule is N=C(N)NCCC[C@H](N)C(=O)OC(=O)CC(O)(CC(=O)O)C(=O)O. The Morgan fingerprint density at radius 2 is 1.79 bits per heavy atom. The van der Waals surface area contributed by atoms with Crippen molar-refractivity contribution < 1.29 is 39.2 Å². The second kappa shape index (κ2) is 9.42. The van der Waals surface area contributed by atoms with Crippen LogP contribution in [0.3, 0.4) is 0 Å². The van der Waals surface area contributed by atoms with Crippen LogP contribution in [0.25, 0.3) is 0 Å². The van der Waals surface area contributed by atoms with Crippen LogP contribution in [-0.4, -0.2) is 63.3 Å². The van der Waals surface area contributed by atoms with Crippen LogP contribution in [0, 0.1) is 5.41 Å². The van der Waals surface area contributed by atoms with Gasteiger partial charge in [0.05, 0.1) is 12.8 Å². The van der Waals surface area contributed by atoms with Crippen LogP contribution in [0.4, 0.5) is 0 Å². The van der Waals surface area contributed by atoms with Gasteiger partial charge in [-0.1, -0.05) is 0 Å². The van der Waals surface area contributed by atoms with Gasteiger partial charge in [0, 0.05) is 6.54 Å². The standard InChI is InChI=1S/C12H20N4O8/c13-6(2-1-3-16-11(14)15)9(20)24-8(19)5-12(23,10(21)22)4-7(17)18/h6,23H,1-5,13H2,(H,17,18)(H,21,22)(H4,14,15,16)/t6-,12?/m0/s1. The van der Waals surface area contributed by atoms with Gasteiger partial charge in [0.15, 0.2) is 11.6 Å². The Hall–Kier alpha value is -2.73. The second-order valence-corrected chi connectivity index (χ2v) is 4.97. The average molecular weight is 348 g/mol. The predicted octanol–water partition coefficient (Wildman–Crippen LogP) is -2.67. The molecule has 0 aliphatic heterocycles. The first-order chi connectivity index (χ1) is 11.0. The van der Waals surface area contributed by atoms with E-state index in [1.165, 1.54) is 0 Å². The molecule has 2 atom stereocenters. The van der Waals surface area contributed by atoms with E-state index in [-0.39, 0.29) is 18.9 Å². The number of hydrogen-bond donors (Lipinski definition) is 7. The lowest BCUT2D eigenvalue weighted by atomic mass is 9.96. The number of nitrogens with one attached hydrogen (secondary N) is 2. The molecule has 0 aromatic rings. The fourth-order valence-corrected chi connectivity index (χ4v) is 1.59. The zero-order valence-corrected chi connectivity index (χ0v) is 12.7. The number of carboxylic acid groups (broad SMARTS) is 2. The average Bonchev–Trinajstić information content (AvgIpc) is 2.41. The number of ether oxygens (including phenoxy) is 1. The summed E-state index contributed by atoms with van der Waals surface area (Å²) in [4.78, 5) is 44.5. The molecule has 0 rings (SSSR count). The summed E-state index contributed by atoms with van der Waals surface area (Å²) >= 11 is 0. The van der Waals surface area contributed by atoms with Crippen LogP contribution in [0.2, 0.25) is 0 Å². The molecule has 136 valence electrons. The molecule has 0 heterocycles. The molecule has 0 amide bonds. The van der Waals surface area contributed by atoms with E-state index >= 15 is 0 Å². The highest BCUT2D eigenvalue weighted by Crippen LogP contribution is 2.17. The van der Waals surface area contributed by atoms with Gasteiger partial charge in [0.25, 0.3) is 0 Å². The third-order valence-corrected chi connectivity index (χ3v) is 2.80. The molecule has 0 aromatic heterocycles. The van der Waals surface area contributed by atoms with E-state index in [4.69, 9.17) is 27.1 Å². The van der Waals surface area contributed by atoms with Crippen molar-refractivity contribution in [3.05, 3.63) is 0 Å². The summed E-state index contributed by atoms with van der Waals surface area (Å²) in [5, 5.41) is 36.4. The van der Waals surface area contributed by atoms with E-state index in [9.17, 15) is 24.3 Å². The number of esters is 2. The second-order valence-electron chi connectivity index (χ2n) is 4.97. The van der Waals surface area contributed by atoms with E-state index in [0.717, 1.165) is 0 Å². The highest BCUT2D eigenvalue weighted by molar-refractivity contribution is 5.93. The van der Waals surface area contributed by atoms with Crippen molar-refractivity contribution in [2.75, 3.05) is 6.54 Å². The molecule has 12 nitrogen and oxygen atoms in total. The van der Waals surface area contributed by atoms with Crippen molar-refractivity contribution in [3.8, 4) is 0 Å². The van der Waals surface area contributed by atoms with Crippen molar-refractivity contribution in [1.82, 2.24) is 5.32 Å². The Balaban J connectivity index is 4.47. The minimum atomic E-state index is -2.89. The zero-order chi connectivity index (χ0) is 18.9. The summed E-state index contributed by atoms with van der Waals surface area (Å²) in [6.45, 7) is 0.266. The van der Waals surface area contributed by atoms with Crippen molar-refractivity contribution in [1.29, 1.82) is 5.41 Å². The number of nitrogens with two attached hydrogens (primary N) is 2. The molecule has 1 unspecified atom stereocenters. The molecule has 12 heteroatoms. The third-order valence-electron chi connectivity index (χ3n) is 2.80. The number of hydrogen-bond acceptors (Lipinski definition) is 8. The maximum Gasteiger partial charge on any atom is 0.336 e. The van der Waals surface area contributed by atoms with Crippen molar-refractivity contribution in [2.45, 2.75) is 37.3 Å². The third kappa shape index (κ3) is 8.05. The van der Waals surface area contributed by atoms with E-state index in [1.54, 1.807) is 0 Å². The first-order valence-corrected chi connectivity index (χ1v) is 6.73. The molecular formula is C12H20N4O8. The first-order valence-electron chi connectivity index (χ1n) is 6.73. The van der Waals surface area contributed by atoms with Crippen molar-refractivity contribution in [3.63, 3.8) is 0 Å². The van der Waals surface area contributed by atoms with Crippen molar-refractivity contribution in [2.24, 2.45) is 11.5 Å². The van der Waals surface area contributed by atoms with Crippen LogP contribution < -0.4 is 16.8 Å². The Kier molecular flexibility index (Phi) is 8.35. The van der Waals surface area contributed by atoms with Gasteiger partial charge >= 0.3 is 23.9 Å². The smallest absolute Gasteiger partial charge is 0.336 e. The van der Waals surface area contributed by atoms with Gasteiger partial charge in [-0.15, -0.1) is 0 Å². The van der Waals surface area contributed by atoms with Gasteiger partial charge in [-0.05, 0) is 12.8 Å². The quantitative estimate of drug-likeness (QED) is 0.0707. The predicted molar refractivity (Wildman–Crippen MR) is 77.7 cm³/mol. The van der Waals surface area contributed by atoms with Crippen molar-refractivity contribution >= 4 is 29.8 Å². The molecule has 0 aliphatic rings. The molecule has 0 aliphatic carbocycles. The molecule has 0 saturated carbocycles. The minimum Gasteiger partial charge on any atom is -0.481 e. The maximum absolute atomic E-state index is 11.6. The van der Waals surface area contributed by atoms with Gasteiger partial charge in [0.1, 0.15) is 6.04 Å². The molecule has 0 aromatic carbocycles. The number of carboxylic acids is 2. The van der Waals surface area contributed by atoms with Gasteiger partial charge in [0.2, 0.25) is 0 Å². The fraction of sp³-hybridized carbons (Fsp3) is 0.583. The normalized spacial score (nSPS) is 14.1. The summed E-state index contributed by atoms with van der Waals surface area (Å²) in [7, 11) is 0. The minimum absolute atomic E-state index is 0.0880. The van der Waals surface area contributed by atoms with Gasteiger partial charge in [-0.2, -0.15) is 0 Å². The van der Waals surface area contributed by atoms with Crippen LogP contribution in [0.1, 0.15) is 25.7 Å². The zero-order valence-electron chi connectivity index (χ0n) is 12.7. The van der Waals surface area contributed by atoms with E-state index < -0.39 is 48.4 Å². The van der Waals surface area contributed by atoms with Crippen LogP contribution >= 0.6 is 0 Å². The highest BCUT2D eigenvalue weighted by atomic mass is 16.6. The molecule has 0 radical (unpaired) electrons. The monoisotopic (exact) mass is 348 g/mol. The Bertz CT molecular complexity index is 523. The molecule has 9 N–H and O–H groups in total. The molecular weight excluding hydrogens is 328 g/mol. The van der Waals surface area contributed by atoms with Crippen LogP contribution in [-0.2, 0) is 23.9 Å². The van der Waals surface area contributed by atoms with Gasteiger partial charge in [-0.25, -0.2) is 9.59 Å². The number of carbonyl (C=O) groups excluding carboxylic acids is 2. The summed E-state index contributed by atoms with van der Waals surface area (Å²) < 4.78 is 4.31. The Labute approximate surface area is 136 Å². The Morgan fingerprint density at radius 1 is 1.21 bits per heavy atom. The van der Waals surface area contributed by atoms with Gasteiger partial charge < -0.3 is 36.8 Å². The fourth-order valence-electron chi connectivity index (χ4n) is 1.59. The lowest BCUT2D eigenvalue weighted by Crippen LogP contribution is -2.44. The number of aliphatic carboxylic acids is 2. The first kappa shape index (κ1) is 21.3. The molecule has 0 fully saturated rings. The van der Waals surface area contributed by atoms with E-state index in [1.807, 2.05) is 0 Å². The lowest BCUT2D eigenvalue weighted by Gasteiger charge is -2.20. The molecule has 24 heavy (non-hydrogen) atoms. The maximum atomic E-state index is 11.6.